The van der Waals surface area contributed by atoms with E-state index in [-0.39, 0.29) is 0 Å². The summed E-state index contributed by atoms with van der Waals surface area (Å²) in [6.45, 7) is 6.14. The van der Waals surface area contributed by atoms with Gasteiger partial charge < -0.3 is 0 Å². The van der Waals surface area contributed by atoms with Gasteiger partial charge in [0.2, 0.25) is 0 Å². The summed E-state index contributed by atoms with van der Waals surface area (Å²) in [6.07, 6.45) is 5.74. The fourth-order valence-corrected chi connectivity index (χ4v) is 1.00. The van der Waals surface area contributed by atoms with Gasteiger partial charge in [-0.25, -0.2) is 0 Å². The molecule has 68 valence electrons. The maximum Gasteiger partial charge on any atom is 0.132 e. The van der Waals surface area contributed by atoms with Crippen molar-refractivity contribution in [3.8, 4) is 0 Å². The molecule has 0 bridgehead atoms. The summed E-state index contributed by atoms with van der Waals surface area (Å²) in [5.74, 6) is 0. The van der Waals surface area contributed by atoms with Crippen molar-refractivity contribution < 1.29 is 0 Å². The third kappa shape index (κ3) is 2.53. The lowest BCUT2D eigenvalue weighted by molar-refractivity contribution is 0.377. The molecule has 1 heterocycles. The summed E-state index contributed by atoms with van der Waals surface area (Å²) in [5, 5.41) is 12.1. The number of hydrogen-bond donors (Lipinski definition) is 0. The van der Waals surface area contributed by atoms with E-state index in [1.54, 1.807) is 12.7 Å². The molecule has 0 aromatic heterocycles. The van der Waals surface area contributed by atoms with Gasteiger partial charge in [0.05, 0.1) is 0 Å². The van der Waals surface area contributed by atoms with Crippen molar-refractivity contribution >= 4 is 12.7 Å². The van der Waals surface area contributed by atoms with E-state index in [1.807, 2.05) is 10.0 Å². The van der Waals surface area contributed by atoms with Gasteiger partial charge in [-0.3, -0.25) is 10.0 Å². The van der Waals surface area contributed by atoms with E-state index in [0.29, 0.717) is 0 Å². The lowest BCUT2D eigenvalue weighted by Crippen LogP contribution is -2.28. The quantitative estimate of drug-likeness (QED) is 0.633. The molecule has 0 aromatic rings. The first-order chi connectivity index (χ1) is 5.86. The molecule has 4 nitrogen and oxygen atoms in total. The Morgan fingerprint density at radius 2 is 1.33 bits per heavy atom. The van der Waals surface area contributed by atoms with Crippen molar-refractivity contribution in [1.82, 2.24) is 10.0 Å². The second-order valence-electron chi connectivity index (χ2n) is 2.79. The molecule has 1 aliphatic heterocycles. The van der Waals surface area contributed by atoms with Crippen LogP contribution in [0.4, 0.5) is 0 Å². The molecule has 0 aliphatic carbocycles. The highest BCUT2D eigenvalue weighted by Crippen LogP contribution is 1.97. The molecular weight excluding hydrogens is 152 g/mol. The van der Waals surface area contributed by atoms with E-state index in [9.17, 15) is 0 Å². The largest absolute Gasteiger partial charge is 0.251 e. The van der Waals surface area contributed by atoms with Gasteiger partial charge in [-0.05, 0) is 12.8 Å². The van der Waals surface area contributed by atoms with Crippen molar-refractivity contribution in [3.63, 3.8) is 0 Å². The highest BCUT2D eigenvalue weighted by Gasteiger charge is 2.02. The Hall–Kier alpha value is -1.06. The van der Waals surface area contributed by atoms with E-state index >= 15 is 0 Å². The fourth-order valence-electron chi connectivity index (χ4n) is 1.00. The molecule has 0 unspecified atom stereocenters. The van der Waals surface area contributed by atoms with E-state index in [0.717, 1.165) is 25.9 Å². The zero-order chi connectivity index (χ0) is 8.81. The summed E-state index contributed by atoms with van der Waals surface area (Å²) in [6, 6.07) is 0. The van der Waals surface area contributed by atoms with Crippen LogP contribution < -0.4 is 0 Å². The van der Waals surface area contributed by atoms with Crippen molar-refractivity contribution in [1.29, 1.82) is 0 Å². The van der Waals surface area contributed by atoms with E-state index in [1.165, 1.54) is 0 Å². The van der Waals surface area contributed by atoms with Gasteiger partial charge in [0.25, 0.3) is 0 Å². The van der Waals surface area contributed by atoms with Crippen LogP contribution in [-0.4, -0.2) is 35.8 Å². The topological polar surface area (TPSA) is 31.2 Å². The van der Waals surface area contributed by atoms with Gasteiger partial charge in [0.15, 0.2) is 0 Å². The summed E-state index contributed by atoms with van der Waals surface area (Å²) in [5.41, 5.74) is 0. The molecule has 0 radical (unpaired) electrons. The van der Waals surface area contributed by atoms with Crippen LogP contribution in [0, 0.1) is 0 Å². The van der Waals surface area contributed by atoms with E-state index < -0.39 is 0 Å². The van der Waals surface area contributed by atoms with Gasteiger partial charge >= 0.3 is 0 Å². The maximum absolute atomic E-state index is 4.20. The number of hydrazone groups is 2. The molecule has 1 rings (SSSR count). The van der Waals surface area contributed by atoms with Crippen LogP contribution >= 0.6 is 0 Å². The molecule has 0 atom stereocenters. The molecule has 0 N–H and O–H groups in total. The third-order valence-corrected chi connectivity index (χ3v) is 1.57. The van der Waals surface area contributed by atoms with E-state index in [4.69, 9.17) is 0 Å². The highest BCUT2D eigenvalue weighted by molar-refractivity contribution is 5.65. The normalized spacial score (nSPS) is 15.8. The molecular formula is C8H16N4. The molecule has 0 aromatic carbocycles. The third-order valence-electron chi connectivity index (χ3n) is 1.57. The Balaban J connectivity index is 2.32. The van der Waals surface area contributed by atoms with E-state index in [2.05, 4.69) is 24.1 Å². The Morgan fingerprint density at radius 1 is 0.917 bits per heavy atom. The number of nitrogens with zero attached hydrogens (tertiary/aromatic N) is 4. The van der Waals surface area contributed by atoms with Gasteiger partial charge in [0, 0.05) is 13.1 Å². The minimum atomic E-state index is 0.944. The maximum atomic E-state index is 4.20. The Kier molecular flexibility index (Phi) is 3.57. The molecule has 12 heavy (non-hydrogen) atoms. The Bertz CT molecular complexity index is 144. The van der Waals surface area contributed by atoms with Crippen LogP contribution in [0.3, 0.4) is 0 Å². The monoisotopic (exact) mass is 168 g/mol. The molecule has 4 heteroatoms. The minimum absolute atomic E-state index is 0.944. The molecule has 0 saturated carbocycles. The first-order valence-corrected chi connectivity index (χ1v) is 4.48. The van der Waals surface area contributed by atoms with Gasteiger partial charge in [0.1, 0.15) is 12.7 Å². The van der Waals surface area contributed by atoms with Crippen LogP contribution in [0.2, 0.25) is 0 Å². The smallest absolute Gasteiger partial charge is 0.132 e. The standard InChI is InChI=1S/C8H16N4/c1-3-5-11-7-10-12(6-4-2)8-9-11/h7-8H,3-6H2,1-2H3. The Labute approximate surface area is 73.5 Å². The number of rotatable bonds is 4. The van der Waals surface area contributed by atoms with Gasteiger partial charge in [-0.1, -0.05) is 13.8 Å². The SMILES string of the molecule is CCCN1C=NN(CCC)C=N1. The summed E-state index contributed by atoms with van der Waals surface area (Å²) in [4.78, 5) is 0. The summed E-state index contributed by atoms with van der Waals surface area (Å²) in [7, 11) is 0. The van der Waals surface area contributed by atoms with Crippen molar-refractivity contribution in [2.45, 2.75) is 26.7 Å². The van der Waals surface area contributed by atoms with Crippen molar-refractivity contribution in [2.75, 3.05) is 13.1 Å². The predicted molar refractivity (Wildman–Crippen MR) is 51.0 cm³/mol. The molecule has 0 spiro atoms. The first kappa shape index (κ1) is 9.03. The van der Waals surface area contributed by atoms with Gasteiger partial charge in [-0.2, -0.15) is 10.2 Å². The summed E-state index contributed by atoms with van der Waals surface area (Å²) < 4.78 is 0. The lowest BCUT2D eigenvalue weighted by atomic mass is 10.5. The average Bonchev–Trinajstić information content (AvgIpc) is 2.09. The van der Waals surface area contributed by atoms with Gasteiger partial charge in [-0.15, -0.1) is 0 Å². The molecule has 0 saturated heterocycles. The minimum Gasteiger partial charge on any atom is -0.251 e. The predicted octanol–water partition coefficient (Wildman–Crippen LogP) is 1.31. The molecule has 1 aliphatic rings. The second-order valence-corrected chi connectivity index (χ2v) is 2.79. The number of hydrogen-bond acceptors (Lipinski definition) is 4. The lowest BCUT2D eigenvalue weighted by Gasteiger charge is -2.21. The van der Waals surface area contributed by atoms with Crippen LogP contribution in [0.1, 0.15) is 26.7 Å². The molecule has 0 fully saturated rings. The second kappa shape index (κ2) is 4.74. The van der Waals surface area contributed by atoms with Crippen LogP contribution in [-0.2, 0) is 0 Å². The van der Waals surface area contributed by atoms with Crippen molar-refractivity contribution in [2.24, 2.45) is 10.2 Å². The Morgan fingerprint density at radius 3 is 1.58 bits per heavy atom. The van der Waals surface area contributed by atoms with Crippen LogP contribution in [0.25, 0.3) is 0 Å². The molecule has 0 amide bonds. The van der Waals surface area contributed by atoms with Crippen molar-refractivity contribution in [3.05, 3.63) is 0 Å². The summed E-state index contributed by atoms with van der Waals surface area (Å²) >= 11 is 0. The average molecular weight is 168 g/mol. The fraction of sp³-hybridized carbons (Fsp3) is 0.750. The van der Waals surface area contributed by atoms with Crippen LogP contribution in [0.5, 0.6) is 0 Å². The zero-order valence-electron chi connectivity index (χ0n) is 7.77. The zero-order valence-corrected chi connectivity index (χ0v) is 7.77. The highest BCUT2D eigenvalue weighted by atomic mass is 15.6. The first-order valence-electron chi connectivity index (χ1n) is 4.48. The van der Waals surface area contributed by atoms with Crippen LogP contribution in [0.15, 0.2) is 10.2 Å².